The highest BCUT2D eigenvalue weighted by Gasteiger charge is 2.04. The summed E-state index contributed by atoms with van der Waals surface area (Å²) in [6.45, 7) is 3.49. The van der Waals surface area contributed by atoms with Crippen LogP contribution in [0.15, 0.2) is 41.9 Å². The van der Waals surface area contributed by atoms with E-state index in [0.29, 0.717) is 0 Å². The summed E-state index contributed by atoms with van der Waals surface area (Å²) < 4.78 is 4.82. The summed E-state index contributed by atoms with van der Waals surface area (Å²) in [5.74, 6) is -0.578. The van der Waals surface area contributed by atoms with Crippen molar-refractivity contribution in [3.05, 3.63) is 47.5 Å². The largest absolute Gasteiger partial charge is 0.457 e. The average molecular weight is 197 g/mol. The number of halogens is 1. The fraction of sp³-hybridized carbons (Fsp3) is 0.100. The number of ether oxygens (including phenoxy) is 1. The number of esters is 1. The number of rotatable bonds is 3. The zero-order chi connectivity index (χ0) is 9.68. The molecule has 0 heterocycles. The predicted octanol–water partition coefficient (Wildman–Crippen LogP) is 2.48. The van der Waals surface area contributed by atoms with Crippen LogP contribution in [-0.4, -0.2) is 5.97 Å². The summed E-state index contributed by atoms with van der Waals surface area (Å²) in [6, 6.07) is 9.37. The maximum Gasteiger partial charge on any atom is 0.349 e. The van der Waals surface area contributed by atoms with E-state index in [4.69, 9.17) is 16.3 Å². The van der Waals surface area contributed by atoms with Crippen LogP contribution in [0.25, 0.3) is 0 Å². The van der Waals surface area contributed by atoms with Crippen LogP contribution in [0.5, 0.6) is 0 Å². The smallest absolute Gasteiger partial charge is 0.349 e. The zero-order valence-corrected chi connectivity index (χ0v) is 7.75. The Kier molecular flexibility index (Phi) is 3.53. The minimum atomic E-state index is -0.578. The second-order valence-electron chi connectivity index (χ2n) is 2.47. The predicted molar refractivity (Wildman–Crippen MR) is 51.2 cm³/mol. The normalized spacial score (nSPS) is 9.31. The molecule has 1 aromatic rings. The second kappa shape index (κ2) is 4.67. The van der Waals surface area contributed by atoms with Gasteiger partial charge in [-0.15, -0.1) is 0 Å². The molecule has 0 aromatic heterocycles. The van der Waals surface area contributed by atoms with Crippen molar-refractivity contribution in [3.63, 3.8) is 0 Å². The number of hydrogen-bond acceptors (Lipinski definition) is 2. The molecule has 0 aliphatic heterocycles. The Morgan fingerprint density at radius 3 is 2.54 bits per heavy atom. The fourth-order valence-corrected chi connectivity index (χ4v) is 0.856. The molecule has 0 aliphatic rings. The fourth-order valence-electron chi connectivity index (χ4n) is 0.801. The van der Waals surface area contributed by atoms with Crippen molar-refractivity contribution in [1.29, 1.82) is 0 Å². The van der Waals surface area contributed by atoms with Crippen LogP contribution in [0, 0.1) is 0 Å². The summed E-state index contributed by atoms with van der Waals surface area (Å²) in [7, 11) is 0. The highest BCUT2D eigenvalue weighted by Crippen LogP contribution is 2.05. The molecule has 68 valence electrons. The van der Waals surface area contributed by atoms with Crippen molar-refractivity contribution < 1.29 is 9.53 Å². The first kappa shape index (κ1) is 9.81. The van der Waals surface area contributed by atoms with Crippen molar-refractivity contribution in [1.82, 2.24) is 0 Å². The van der Waals surface area contributed by atoms with E-state index in [1.54, 1.807) is 0 Å². The Labute approximate surface area is 81.8 Å². The molecule has 0 amide bonds. The topological polar surface area (TPSA) is 26.3 Å². The van der Waals surface area contributed by atoms with Crippen LogP contribution < -0.4 is 0 Å². The van der Waals surface area contributed by atoms with E-state index in [9.17, 15) is 4.79 Å². The van der Waals surface area contributed by atoms with E-state index in [1.165, 1.54) is 0 Å². The summed E-state index contributed by atoms with van der Waals surface area (Å²) in [4.78, 5) is 10.9. The first-order valence-electron chi connectivity index (χ1n) is 3.75. The Morgan fingerprint density at radius 2 is 2.00 bits per heavy atom. The Balaban J connectivity index is 2.44. The molecule has 0 saturated heterocycles. The summed E-state index contributed by atoms with van der Waals surface area (Å²) >= 11 is 5.33. The SMILES string of the molecule is C=C(Cl)C(=O)OCc1ccccc1. The van der Waals surface area contributed by atoms with Gasteiger partial charge in [-0.25, -0.2) is 4.79 Å². The van der Waals surface area contributed by atoms with Crippen molar-refractivity contribution in [2.45, 2.75) is 6.61 Å². The van der Waals surface area contributed by atoms with Crippen molar-refractivity contribution in [2.24, 2.45) is 0 Å². The van der Waals surface area contributed by atoms with E-state index < -0.39 is 5.97 Å². The maximum absolute atomic E-state index is 10.9. The molecule has 13 heavy (non-hydrogen) atoms. The quantitative estimate of drug-likeness (QED) is 0.549. The Hall–Kier alpha value is -1.28. The molecule has 0 aliphatic carbocycles. The molecular weight excluding hydrogens is 188 g/mol. The third-order valence-corrected chi connectivity index (χ3v) is 1.59. The number of hydrogen-bond donors (Lipinski definition) is 0. The van der Waals surface area contributed by atoms with Gasteiger partial charge in [0.25, 0.3) is 0 Å². The van der Waals surface area contributed by atoms with Crippen LogP contribution in [0.3, 0.4) is 0 Å². The summed E-state index contributed by atoms with van der Waals surface area (Å²) in [5, 5.41) is -0.101. The lowest BCUT2D eigenvalue weighted by molar-refractivity contribution is -0.139. The zero-order valence-electron chi connectivity index (χ0n) is 7.00. The average Bonchev–Trinajstić information content (AvgIpc) is 2.15. The summed E-state index contributed by atoms with van der Waals surface area (Å²) in [5.41, 5.74) is 0.925. The van der Waals surface area contributed by atoms with Gasteiger partial charge >= 0.3 is 5.97 Å². The van der Waals surface area contributed by atoms with Crippen molar-refractivity contribution in [2.75, 3.05) is 0 Å². The van der Waals surface area contributed by atoms with E-state index in [-0.39, 0.29) is 11.6 Å². The molecule has 1 rings (SSSR count). The van der Waals surface area contributed by atoms with Gasteiger partial charge in [0, 0.05) is 0 Å². The van der Waals surface area contributed by atoms with Gasteiger partial charge in [0.2, 0.25) is 0 Å². The molecule has 0 N–H and O–H groups in total. The van der Waals surface area contributed by atoms with Gasteiger partial charge in [-0.05, 0) is 5.56 Å². The van der Waals surface area contributed by atoms with E-state index in [1.807, 2.05) is 30.3 Å². The standard InChI is InChI=1S/C10H9ClO2/c1-8(11)10(12)13-7-9-5-3-2-4-6-9/h2-6H,1,7H2. The highest BCUT2D eigenvalue weighted by molar-refractivity contribution is 6.40. The van der Waals surface area contributed by atoms with Gasteiger partial charge in [-0.2, -0.15) is 0 Å². The summed E-state index contributed by atoms with van der Waals surface area (Å²) in [6.07, 6.45) is 0. The lowest BCUT2D eigenvalue weighted by Gasteiger charge is -2.02. The number of benzene rings is 1. The third-order valence-electron chi connectivity index (χ3n) is 1.43. The van der Waals surface area contributed by atoms with E-state index in [0.717, 1.165) is 5.56 Å². The molecule has 0 atom stereocenters. The van der Waals surface area contributed by atoms with Crippen LogP contribution in [-0.2, 0) is 16.1 Å². The van der Waals surface area contributed by atoms with Crippen LogP contribution in [0.2, 0.25) is 0 Å². The van der Waals surface area contributed by atoms with Gasteiger partial charge in [0.15, 0.2) is 0 Å². The molecule has 0 fully saturated rings. The third kappa shape index (κ3) is 3.30. The highest BCUT2D eigenvalue weighted by atomic mass is 35.5. The minimum Gasteiger partial charge on any atom is -0.457 e. The first-order valence-corrected chi connectivity index (χ1v) is 4.13. The Bertz CT molecular complexity index is 306. The molecule has 2 nitrogen and oxygen atoms in total. The van der Waals surface area contributed by atoms with Gasteiger partial charge in [0.05, 0.1) is 0 Å². The minimum absolute atomic E-state index is 0.101. The van der Waals surface area contributed by atoms with Gasteiger partial charge in [-0.1, -0.05) is 48.5 Å². The van der Waals surface area contributed by atoms with Gasteiger partial charge in [0.1, 0.15) is 11.6 Å². The van der Waals surface area contributed by atoms with Gasteiger partial charge < -0.3 is 4.74 Å². The van der Waals surface area contributed by atoms with E-state index >= 15 is 0 Å². The monoisotopic (exact) mass is 196 g/mol. The number of carbonyl (C=O) groups is 1. The van der Waals surface area contributed by atoms with E-state index in [2.05, 4.69) is 6.58 Å². The second-order valence-corrected chi connectivity index (χ2v) is 2.92. The molecule has 0 saturated carbocycles. The van der Waals surface area contributed by atoms with Crippen molar-refractivity contribution in [3.8, 4) is 0 Å². The van der Waals surface area contributed by atoms with Gasteiger partial charge in [-0.3, -0.25) is 0 Å². The lowest BCUT2D eigenvalue weighted by atomic mass is 10.2. The molecule has 0 bridgehead atoms. The number of carbonyl (C=O) groups excluding carboxylic acids is 1. The molecule has 0 radical (unpaired) electrons. The maximum atomic E-state index is 10.9. The van der Waals surface area contributed by atoms with Crippen molar-refractivity contribution >= 4 is 17.6 Å². The van der Waals surface area contributed by atoms with Crippen LogP contribution >= 0.6 is 11.6 Å². The molecule has 3 heteroatoms. The lowest BCUT2D eigenvalue weighted by Crippen LogP contribution is -2.03. The Morgan fingerprint density at radius 1 is 1.38 bits per heavy atom. The molecular formula is C10H9ClO2. The molecule has 0 unspecified atom stereocenters. The van der Waals surface area contributed by atoms with Crippen LogP contribution in [0.1, 0.15) is 5.56 Å². The molecule has 0 spiro atoms. The van der Waals surface area contributed by atoms with Crippen LogP contribution in [0.4, 0.5) is 0 Å². The molecule has 1 aromatic carbocycles. The first-order chi connectivity index (χ1) is 6.20.